The average molecular weight is 334 g/mol. The largest absolute Gasteiger partial charge is 0.465 e. The number of carbonyl (C=O) groups excluding carboxylic acids is 2. The summed E-state index contributed by atoms with van der Waals surface area (Å²) in [5.41, 5.74) is 3.75. The Morgan fingerprint density at radius 2 is 1.76 bits per heavy atom. The second-order valence-corrected chi connectivity index (χ2v) is 5.75. The molecule has 1 aromatic heterocycles. The van der Waals surface area contributed by atoms with Crippen LogP contribution in [0.5, 0.6) is 0 Å². The van der Waals surface area contributed by atoms with Crippen LogP contribution in [0.25, 0.3) is 10.9 Å². The molecule has 0 fully saturated rings. The van der Waals surface area contributed by atoms with Crippen molar-refractivity contribution < 1.29 is 14.3 Å². The van der Waals surface area contributed by atoms with Gasteiger partial charge in [-0.1, -0.05) is 24.3 Å². The molecule has 0 radical (unpaired) electrons. The zero-order valence-corrected chi connectivity index (χ0v) is 14.3. The number of fused-ring (bicyclic) bond motifs is 1. The fourth-order valence-corrected chi connectivity index (χ4v) is 2.79. The van der Waals surface area contributed by atoms with Gasteiger partial charge in [0, 0.05) is 16.8 Å². The maximum Gasteiger partial charge on any atom is 0.338 e. The highest BCUT2D eigenvalue weighted by molar-refractivity contribution is 6.13. The minimum atomic E-state index is -0.432. The summed E-state index contributed by atoms with van der Waals surface area (Å²) in [6.07, 6.45) is 0. The first-order valence-electron chi connectivity index (χ1n) is 7.87. The minimum absolute atomic E-state index is 0.244. The number of anilines is 1. The molecule has 3 aromatic rings. The SMILES string of the molecule is COC(=O)c1cccc(NC(=O)c2cc(C)nc3ccccc23)c1C. The number of pyridine rings is 1. The van der Waals surface area contributed by atoms with Crippen molar-refractivity contribution in [3.63, 3.8) is 0 Å². The van der Waals surface area contributed by atoms with Gasteiger partial charge in [-0.05, 0) is 43.7 Å². The van der Waals surface area contributed by atoms with Gasteiger partial charge in [0.25, 0.3) is 5.91 Å². The fraction of sp³-hybridized carbons (Fsp3) is 0.150. The van der Waals surface area contributed by atoms with E-state index in [4.69, 9.17) is 4.74 Å². The summed E-state index contributed by atoms with van der Waals surface area (Å²) in [6, 6.07) is 14.4. The molecule has 0 atom stereocenters. The van der Waals surface area contributed by atoms with Crippen molar-refractivity contribution in [1.29, 1.82) is 0 Å². The average Bonchev–Trinajstić information content (AvgIpc) is 2.62. The number of carbonyl (C=O) groups is 2. The first kappa shape index (κ1) is 16.6. The van der Waals surface area contributed by atoms with E-state index in [1.807, 2.05) is 31.2 Å². The molecule has 2 aromatic carbocycles. The first-order chi connectivity index (χ1) is 12.0. The lowest BCUT2D eigenvalue weighted by Crippen LogP contribution is -2.15. The molecule has 1 N–H and O–H groups in total. The number of methoxy groups -OCH3 is 1. The number of para-hydroxylation sites is 1. The van der Waals surface area contributed by atoms with Crippen molar-refractivity contribution >= 4 is 28.5 Å². The van der Waals surface area contributed by atoms with E-state index < -0.39 is 5.97 Å². The molecule has 3 rings (SSSR count). The van der Waals surface area contributed by atoms with E-state index in [2.05, 4.69) is 10.3 Å². The molecular formula is C20H18N2O3. The quantitative estimate of drug-likeness (QED) is 0.738. The molecule has 0 spiro atoms. The first-order valence-corrected chi connectivity index (χ1v) is 7.87. The molecule has 126 valence electrons. The third kappa shape index (κ3) is 3.21. The van der Waals surface area contributed by atoms with Crippen molar-refractivity contribution in [2.75, 3.05) is 12.4 Å². The Labute approximate surface area is 145 Å². The summed E-state index contributed by atoms with van der Waals surface area (Å²) in [4.78, 5) is 29.1. The van der Waals surface area contributed by atoms with Gasteiger partial charge in [-0.15, -0.1) is 0 Å². The topological polar surface area (TPSA) is 68.3 Å². The monoisotopic (exact) mass is 334 g/mol. The minimum Gasteiger partial charge on any atom is -0.465 e. The lowest BCUT2D eigenvalue weighted by molar-refractivity contribution is 0.0599. The number of nitrogens with one attached hydrogen (secondary N) is 1. The molecule has 5 heteroatoms. The van der Waals surface area contributed by atoms with Crippen LogP contribution < -0.4 is 5.32 Å². The van der Waals surface area contributed by atoms with E-state index in [1.54, 1.807) is 31.2 Å². The van der Waals surface area contributed by atoms with Gasteiger partial charge in [0.15, 0.2) is 0 Å². The van der Waals surface area contributed by atoms with Crippen LogP contribution in [0.4, 0.5) is 5.69 Å². The second kappa shape index (κ2) is 6.73. The van der Waals surface area contributed by atoms with E-state index in [-0.39, 0.29) is 5.91 Å². The molecule has 5 nitrogen and oxygen atoms in total. The number of rotatable bonds is 3. The lowest BCUT2D eigenvalue weighted by atomic mass is 10.0. The van der Waals surface area contributed by atoms with Gasteiger partial charge in [0.1, 0.15) is 0 Å². The highest BCUT2D eigenvalue weighted by atomic mass is 16.5. The zero-order valence-electron chi connectivity index (χ0n) is 14.3. The van der Waals surface area contributed by atoms with Crippen molar-refractivity contribution in [3.05, 3.63) is 70.9 Å². The Hall–Kier alpha value is -3.21. The number of hydrogen-bond acceptors (Lipinski definition) is 4. The summed E-state index contributed by atoms with van der Waals surface area (Å²) >= 11 is 0. The Kier molecular flexibility index (Phi) is 4.48. The van der Waals surface area contributed by atoms with Crippen molar-refractivity contribution in [2.24, 2.45) is 0 Å². The number of aromatic nitrogens is 1. The van der Waals surface area contributed by atoms with Crippen LogP contribution in [0.3, 0.4) is 0 Å². The molecule has 0 saturated carbocycles. The van der Waals surface area contributed by atoms with Crippen LogP contribution in [0.2, 0.25) is 0 Å². The number of ether oxygens (including phenoxy) is 1. The molecule has 0 saturated heterocycles. The smallest absolute Gasteiger partial charge is 0.338 e. The number of aryl methyl sites for hydroxylation is 1. The van der Waals surface area contributed by atoms with E-state index in [1.165, 1.54) is 7.11 Å². The van der Waals surface area contributed by atoms with Crippen LogP contribution >= 0.6 is 0 Å². The summed E-state index contributed by atoms with van der Waals surface area (Å²) in [7, 11) is 1.33. The normalized spacial score (nSPS) is 10.5. The number of nitrogens with zero attached hydrogens (tertiary/aromatic N) is 1. The summed E-state index contributed by atoms with van der Waals surface area (Å²) in [5, 5.41) is 3.68. The van der Waals surface area contributed by atoms with Crippen LogP contribution in [-0.2, 0) is 4.74 Å². The maximum absolute atomic E-state index is 12.8. The predicted octanol–water partition coefficient (Wildman–Crippen LogP) is 3.89. The highest BCUT2D eigenvalue weighted by Crippen LogP contribution is 2.23. The number of amides is 1. The van der Waals surface area contributed by atoms with Crippen molar-refractivity contribution in [3.8, 4) is 0 Å². The van der Waals surface area contributed by atoms with Crippen molar-refractivity contribution in [2.45, 2.75) is 13.8 Å². The molecule has 1 heterocycles. The van der Waals surface area contributed by atoms with E-state index in [0.717, 1.165) is 16.6 Å². The van der Waals surface area contributed by atoms with Crippen LogP contribution in [0.1, 0.15) is 32.0 Å². The number of benzene rings is 2. The predicted molar refractivity (Wildman–Crippen MR) is 97.0 cm³/mol. The van der Waals surface area contributed by atoms with Gasteiger partial charge in [-0.25, -0.2) is 4.79 Å². The van der Waals surface area contributed by atoms with Crippen LogP contribution in [-0.4, -0.2) is 24.0 Å². The molecule has 0 aliphatic heterocycles. The lowest BCUT2D eigenvalue weighted by Gasteiger charge is -2.13. The van der Waals surface area contributed by atoms with Gasteiger partial charge in [0.05, 0.1) is 23.8 Å². The fourth-order valence-electron chi connectivity index (χ4n) is 2.79. The van der Waals surface area contributed by atoms with E-state index in [9.17, 15) is 9.59 Å². The zero-order chi connectivity index (χ0) is 18.0. The molecule has 0 bridgehead atoms. The molecule has 0 aliphatic rings. The third-order valence-electron chi connectivity index (χ3n) is 4.08. The Balaban J connectivity index is 2.00. The molecule has 0 aliphatic carbocycles. The Bertz CT molecular complexity index is 980. The number of esters is 1. The Morgan fingerprint density at radius 3 is 2.52 bits per heavy atom. The Morgan fingerprint density at radius 1 is 1.00 bits per heavy atom. The van der Waals surface area contributed by atoms with Crippen LogP contribution in [0.15, 0.2) is 48.5 Å². The molecule has 0 unspecified atom stereocenters. The highest BCUT2D eigenvalue weighted by Gasteiger charge is 2.16. The molecule has 1 amide bonds. The van der Waals surface area contributed by atoms with Gasteiger partial charge < -0.3 is 10.1 Å². The molecular weight excluding hydrogens is 316 g/mol. The standard InChI is InChI=1S/C20H18N2O3/c1-12-11-16(15-7-4-5-9-18(15)21-12)19(23)22-17-10-6-8-14(13(17)2)20(24)25-3/h4-11H,1-3H3,(H,22,23). The van der Waals surface area contributed by atoms with Crippen molar-refractivity contribution in [1.82, 2.24) is 4.98 Å². The third-order valence-corrected chi connectivity index (χ3v) is 4.08. The van der Waals surface area contributed by atoms with Gasteiger partial charge in [0.2, 0.25) is 0 Å². The summed E-state index contributed by atoms with van der Waals surface area (Å²) < 4.78 is 4.78. The van der Waals surface area contributed by atoms with Crippen LogP contribution in [0, 0.1) is 13.8 Å². The summed E-state index contributed by atoms with van der Waals surface area (Å²) in [6.45, 7) is 3.63. The maximum atomic E-state index is 12.8. The number of hydrogen-bond donors (Lipinski definition) is 1. The van der Waals surface area contributed by atoms with E-state index in [0.29, 0.717) is 22.4 Å². The second-order valence-electron chi connectivity index (χ2n) is 5.75. The van der Waals surface area contributed by atoms with Gasteiger partial charge in [-0.3, -0.25) is 9.78 Å². The van der Waals surface area contributed by atoms with E-state index >= 15 is 0 Å². The van der Waals surface area contributed by atoms with Gasteiger partial charge in [-0.2, -0.15) is 0 Å². The van der Waals surface area contributed by atoms with Gasteiger partial charge >= 0.3 is 5.97 Å². The summed E-state index contributed by atoms with van der Waals surface area (Å²) in [5.74, 6) is -0.675. The molecule has 25 heavy (non-hydrogen) atoms.